The van der Waals surface area contributed by atoms with Crippen LogP contribution in [0.3, 0.4) is 0 Å². The number of aromatic nitrogens is 2. The molecule has 2 aliphatic carbocycles. The molecule has 82 heavy (non-hydrogen) atoms. The number of amides is 8. The van der Waals surface area contributed by atoms with Gasteiger partial charge in [0.2, 0.25) is 29.5 Å². The van der Waals surface area contributed by atoms with Crippen LogP contribution in [0.4, 0.5) is 4.39 Å². The number of benzene rings is 2. The third-order valence-electron chi connectivity index (χ3n) is 15.5. The summed E-state index contributed by atoms with van der Waals surface area (Å²) in [5.41, 5.74) is 1.84. The van der Waals surface area contributed by atoms with E-state index in [1.165, 1.54) is 10.6 Å². The molecule has 26 heteroatoms. The predicted molar refractivity (Wildman–Crippen MR) is 285 cm³/mol. The number of ether oxygens (including phenoxy) is 2. The van der Waals surface area contributed by atoms with Gasteiger partial charge < -0.3 is 61.1 Å². The zero-order valence-electron chi connectivity index (χ0n) is 45.1. The van der Waals surface area contributed by atoms with Crippen LogP contribution in [-0.4, -0.2) is 153 Å². The van der Waals surface area contributed by atoms with Crippen molar-refractivity contribution in [1.82, 2.24) is 51.3 Å². The van der Waals surface area contributed by atoms with Crippen LogP contribution in [0.25, 0.3) is 22.3 Å². The Bertz CT molecular complexity index is 3400. The molecule has 3 aliphatic heterocycles. The summed E-state index contributed by atoms with van der Waals surface area (Å²) in [4.78, 5) is 150. The molecule has 0 spiro atoms. The Morgan fingerprint density at radius 2 is 1.56 bits per heavy atom. The molecule has 5 aliphatic rings. The second kappa shape index (κ2) is 24.1. The fraction of sp³-hybridized carbons (Fsp3) is 0.429. The van der Waals surface area contributed by atoms with Crippen LogP contribution in [-0.2, 0) is 89.0 Å². The molecular weight excluding hydrogens is 1070 g/mol. The lowest BCUT2D eigenvalue weighted by Crippen LogP contribution is -2.56. The number of hydrogen-bond donors (Lipinski definition) is 8. The van der Waals surface area contributed by atoms with Gasteiger partial charge in [-0.15, -0.1) is 0 Å². The first-order chi connectivity index (χ1) is 39.2. The number of hydrogen-bond acceptors (Lipinski definition) is 16. The van der Waals surface area contributed by atoms with Crippen molar-refractivity contribution in [1.29, 1.82) is 0 Å². The van der Waals surface area contributed by atoms with Gasteiger partial charge in [0.05, 0.1) is 61.2 Å². The van der Waals surface area contributed by atoms with Crippen LogP contribution in [0.1, 0.15) is 84.0 Å². The lowest BCUT2D eigenvalue weighted by atomic mass is 9.81. The Labute approximate surface area is 467 Å². The summed E-state index contributed by atoms with van der Waals surface area (Å²) >= 11 is 0. The number of aryl methyl sites for hydroxylation is 1. The van der Waals surface area contributed by atoms with Crippen molar-refractivity contribution >= 4 is 70.1 Å². The molecule has 432 valence electrons. The van der Waals surface area contributed by atoms with Crippen molar-refractivity contribution in [2.75, 3.05) is 46.5 Å². The number of carbonyl (C=O) groups excluding carboxylic acids is 9. The third-order valence-corrected chi connectivity index (χ3v) is 15.5. The first-order valence-corrected chi connectivity index (χ1v) is 26.8. The molecule has 5 heterocycles. The van der Waals surface area contributed by atoms with Gasteiger partial charge in [0.1, 0.15) is 37.3 Å². The highest BCUT2D eigenvalue weighted by atomic mass is 19.1. The average Bonchev–Trinajstić information content (AvgIpc) is 4.20. The van der Waals surface area contributed by atoms with Gasteiger partial charge in [-0.3, -0.25) is 52.8 Å². The number of cyclic esters (lactones) is 1. The molecule has 0 saturated heterocycles. The second-order valence-corrected chi connectivity index (χ2v) is 20.8. The highest BCUT2D eigenvalue weighted by Crippen LogP contribution is 2.48. The molecule has 8 amide bonds. The van der Waals surface area contributed by atoms with E-state index in [-0.39, 0.29) is 43.0 Å². The lowest BCUT2D eigenvalue weighted by molar-refractivity contribution is -0.172. The minimum atomic E-state index is -2.07. The van der Waals surface area contributed by atoms with Crippen LogP contribution in [0.15, 0.2) is 59.4 Å². The number of likely N-dealkylation sites (N-methyl/N-ethyl adjacent to an activating group) is 1. The maximum Gasteiger partial charge on any atom is 0.343 e. The van der Waals surface area contributed by atoms with E-state index in [4.69, 9.17) is 19.6 Å². The molecule has 9 rings (SSSR count). The fourth-order valence-corrected chi connectivity index (χ4v) is 10.9. The summed E-state index contributed by atoms with van der Waals surface area (Å²) < 4.78 is 28.5. The minimum absolute atomic E-state index is 0.0309. The van der Waals surface area contributed by atoms with Crippen molar-refractivity contribution < 1.29 is 72.0 Å². The predicted octanol–water partition coefficient (Wildman–Crippen LogP) is -0.724. The summed E-state index contributed by atoms with van der Waals surface area (Å²) in [6.45, 7) is -0.395. The molecule has 2 aromatic heterocycles. The molecule has 1 saturated carbocycles. The summed E-state index contributed by atoms with van der Waals surface area (Å²) in [6.07, 6.45) is 3.60. The van der Waals surface area contributed by atoms with Gasteiger partial charge in [-0.1, -0.05) is 50.1 Å². The SMILES string of the molecule is CC[C@@]1(O)C(=O)OCc2c1cc1n(c2=O)Cc2c-1nc1cc(F)c(C)c3c1c2[C@@H](N(C)C(=O)[C@@H](CC1CC1)OCNC(=O)CNC(=O)[C@H](Cc1ccccc1)NC(=O)CNC(=O)CNC(=O)[C@H](CNCC(=O)O)N1C(=O)C=CC1=O)CC3. The van der Waals surface area contributed by atoms with E-state index < -0.39 is 140 Å². The van der Waals surface area contributed by atoms with Crippen LogP contribution in [0.2, 0.25) is 0 Å². The number of carboxylic acids is 1. The molecule has 0 bridgehead atoms. The van der Waals surface area contributed by atoms with Crippen LogP contribution in [0.5, 0.6) is 0 Å². The number of nitrogens with one attached hydrogen (secondary N) is 6. The normalized spacial score (nSPS) is 18.6. The van der Waals surface area contributed by atoms with Crippen molar-refractivity contribution in [2.24, 2.45) is 5.92 Å². The molecule has 1 fully saturated rings. The fourth-order valence-electron chi connectivity index (χ4n) is 10.9. The first kappa shape index (κ1) is 57.9. The van der Waals surface area contributed by atoms with Gasteiger partial charge in [0, 0.05) is 54.7 Å². The summed E-state index contributed by atoms with van der Waals surface area (Å²) in [6, 6.07) is 8.15. The van der Waals surface area contributed by atoms with E-state index in [2.05, 4.69) is 31.9 Å². The van der Waals surface area contributed by atoms with E-state index in [0.29, 0.717) is 68.7 Å². The minimum Gasteiger partial charge on any atom is -0.480 e. The second-order valence-electron chi connectivity index (χ2n) is 20.8. The Morgan fingerprint density at radius 3 is 2.24 bits per heavy atom. The number of imide groups is 1. The van der Waals surface area contributed by atoms with Crippen molar-refractivity contribution in [3.63, 3.8) is 0 Å². The topological polar surface area (TPSA) is 343 Å². The number of rotatable bonds is 24. The number of fused-ring (bicyclic) bond motifs is 5. The van der Waals surface area contributed by atoms with E-state index in [0.717, 1.165) is 30.6 Å². The summed E-state index contributed by atoms with van der Waals surface area (Å²) in [5.74, 6) is -8.57. The molecule has 2 aromatic carbocycles. The lowest BCUT2D eigenvalue weighted by Gasteiger charge is -2.36. The molecular formula is C56H61FN10O15. The van der Waals surface area contributed by atoms with Crippen molar-refractivity contribution in [2.45, 2.75) is 102 Å². The van der Waals surface area contributed by atoms with Gasteiger partial charge in [0.25, 0.3) is 23.3 Å². The van der Waals surface area contributed by atoms with Crippen LogP contribution in [0, 0.1) is 18.7 Å². The number of aliphatic carboxylic acids is 1. The van der Waals surface area contributed by atoms with Crippen LogP contribution < -0.4 is 37.5 Å². The number of halogens is 1. The third kappa shape index (κ3) is 12.0. The smallest absolute Gasteiger partial charge is 0.343 e. The van der Waals surface area contributed by atoms with E-state index in [9.17, 15) is 57.8 Å². The number of carbonyl (C=O) groups is 10. The van der Waals surface area contributed by atoms with Crippen molar-refractivity contribution in [3.05, 3.63) is 110 Å². The molecule has 5 atom stereocenters. The first-order valence-electron chi connectivity index (χ1n) is 26.8. The van der Waals surface area contributed by atoms with E-state index in [1.54, 1.807) is 62.2 Å². The van der Waals surface area contributed by atoms with E-state index in [1.807, 2.05) is 0 Å². The molecule has 0 radical (unpaired) electrons. The van der Waals surface area contributed by atoms with Gasteiger partial charge in [-0.05, 0) is 66.8 Å². The van der Waals surface area contributed by atoms with Gasteiger partial charge in [0.15, 0.2) is 5.60 Å². The Kier molecular flexibility index (Phi) is 17.1. The average molecular weight is 1130 g/mol. The number of aliphatic hydroxyl groups is 1. The zero-order chi connectivity index (χ0) is 58.7. The highest BCUT2D eigenvalue weighted by molar-refractivity contribution is 6.15. The zero-order valence-corrected chi connectivity index (χ0v) is 45.1. The van der Waals surface area contributed by atoms with Crippen molar-refractivity contribution in [3.8, 4) is 11.4 Å². The monoisotopic (exact) mass is 1130 g/mol. The van der Waals surface area contributed by atoms with Gasteiger partial charge in [-0.25, -0.2) is 14.2 Å². The Morgan fingerprint density at radius 1 is 0.878 bits per heavy atom. The summed E-state index contributed by atoms with van der Waals surface area (Å²) in [5, 5.41) is 35.7. The number of esters is 1. The quantitative estimate of drug-likeness (QED) is 0.0215. The molecule has 4 aromatic rings. The molecule has 25 nitrogen and oxygen atoms in total. The maximum absolute atomic E-state index is 15.6. The highest BCUT2D eigenvalue weighted by Gasteiger charge is 2.47. The number of nitrogens with zero attached hydrogens (tertiary/aromatic N) is 4. The molecule has 0 unspecified atom stereocenters. The number of carboxylic acid groups (broad SMARTS) is 1. The van der Waals surface area contributed by atoms with Gasteiger partial charge in [-0.2, -0.15) is 0 Å². The standard InChI is InChI=1S/C56H61FN10O15/c1-4-56(80)34-18-39-50-32(25-66(39)53(77)33(34)26-81-55(56)79)49-38(13-12-31-28(2)35(57)19-36(64-50)48(31)49)65(3)54(78)41(17-30-10-11-30)82-27-62-43(69)22-60-51(75)37(16-29-8-6-5-7-9-29)63-44(70)23-59-42(68)21-61-52(76)40(20-58-24-47(73)74)67-45(71)14-15-46(67)72/h5-9,14-15,18-19,30,37-38,40-41,58,80H,4,10-13,16-17,20-27H2,1-3H3,(H,59,68)(H,60,75)(H,61,76)(H,62,69)(H,63,70)(H,73,74)/t37-,38-,40-,41+,56-/m0/s1. The van der Waals surface area contributed by atoms with Crippen LogP contribution >= 0.6 is 0 Å². The number of pyridine rings is 2. The van der Waals surface area contributed by atoms with Gasteiger partial charge >= 0.3 is 11.9 Å². The largest absolute Gasteiger partial charge is 0.480 e. The van der Waals surface area contributed by atoms with E-state index >= 15 is 4.39 Å². The Balaban J connectivity index is 0.823. The maximum atomic E-state index is 15.6. The summed E-state index contributed by atoms with van der Waals surface area (Å²) in [7, 11) is 1.65. The Hall–Kier alpha value is -8.75. The molecule has 8 N–H and O–H groups in total.